The van der Waals surface area contributed by atoms with E-state index in [0.717, 1.165) is 19.3 Å². The van der Waals surface area contributed by atoms with E-state index in [1.54, 1.807) is 9.80 Å². The number of ether oxygens (including phenoxy) is 1. The lowest BCUT2D eigenvalue weighted by Crippen LogP contribution is -2.45. The van der Waals surface area contributed by atoms with Crippen LogP contribution in [-0.4, -0.2) is 73.7 Å². The van der Waals surface area contributed by atoms with Gasteiger partial charge in [0, 0.05) is 32.7 Å². The summed E-state index contributed by atoms with van der Waals surface area (Å²) in [5.74, 6) is 0.444. The lowest BCUT2D eigenvalue weighted by atomic mass is 9.92. The van der Waals surface area contributed by atoms with Crippen molar-refractivity contribution in [1.29, 1.82) is 0 Å². The van der Waals surface area contributed by atoms with Crippen molar-refractivity contribution in [2.24, 2.45) is 5.92 Å². The maximum absolute atomic E-state index is 12.5. The zero-order valence-corrected chi connectivity index (χ0v) is 14.1. The van der Waals surface area contributed by atoms with Gasteiger partial charge in [0.1, 0.15) is 0 Å². The number of hydrogen-bond donors (Lipinski definition) is 1. The number of nitrogens with one attached hydrogen (secondary N) is 1. The van der Waals surface area contributed by atoms with Crippen LogP contribution in [0.2, 0.25) is 0 Å². The van der Waals surface area contributed by atoms with Crippen molar-refractivity contribution in [2.75, 3.05) is 39.3 Å². The fraction of sp³-hybridized carbons (Fsp3) is 0.938. The third-order valence-electron chi connectivity index (χ3n) is 4.61. The van der Waals surface area contributed by atoms with Gasteiger partial charge in [0.25, 0.3) is 6.43 Å². The minimum Gasteiger partial charge on any atom is -0.376 e. The Kier molecular flexibility index (Phi) is 7.02. The molecule has 2 heterocycles. The Hall–Kier alpha value is -0.950. The summed E-state index contributed by atoms with van der Waals surface area (Å²) in [6, 6.07) is -0.0734. The molecule has 23 heavy (non-hydrogen) atoms. The SMILES string of the molecule is C[C@@H]1CC(CNC(=O)N2CCCN(CC(F)F)CC2)C[C@@H](C)O1. The lowest BCUT2D eigenvalue weighted by Gasteiger charge is -2.32. The van der Waals surface area contributed by atoms with Gasteiger partial charge < -0.3 is 15.0 Å². The van der Waals surface area contributed by atoms with Crippen LogP contribution in [0.5, 0.6) is 0 Å². The van der Waals surface area contributed by atoms with Gasteiger partial charge in [0.15, 0.2) is 0 Å². The quantitative estimate of drug-likeness (QED) is 0.858. The highest BCUT2D eigenvalue weighted by atomic mass is 19.3. The second-order valence-electron chi connectivity index (χ2n) is 6.81. The zero-order chi connectivity index (χ0) is 16.8. The molecule has 0 aromatic carbocycles. The summed E-state index contributed by atoms with van der Waals surface area (Å²) >= 11 is 0. The highest BCUT2D eigenvalue weighted by Gasteiger charge is 2.26. The van der Waals surface area contributed by atoms with Gasteiger partial charge in [-0.3, -0.25) is 4.90 Å². The van der Waals surface area contributed by atoms with Gasteiger partial charge in [-0.25, -0.2) is 13.6 Å². The van der Waals surface area contributed by atoms with Crippen LogP contribution in [0.3, 0.4) is 0 Å². The number of rotatable bonds is 4. The summed E-state index contributed by atoms with van der Waals surface area (Å²) in [6.07, 6.45) is 0.835. The molecule has 0 radical (unpaired) electrons. The highest BCUT2D eigenvalue weighted by Crippen LogP contribution is 2.24. The summed E-state index contributed by atoms with van der Waals surface area (Å²) in [7, 11) is 0. The molecular formula is C16H29F2N3O2. The van der Waals surface area contributed by atoms with Crippen LogP contribution >= 0.6 is 0 Å². The molecule has 134 valence electrons. The Morgan fingerprint density at radius 1 is 1.17 bits per heavy atom. The van der Waals surface area contributed by atoms with Crippen molar-refractivity contribution in [3.05, 3.63) is 0 Å². The van der Waals surface area contributed by atoms with Crippen LogP contribution in [0, 0.1) is 5.92 Å². The van der Waals surface area contributed by atoms with Crippen molar-refractivity contribution in [3.63, 3.8) is 0 Å². The van der Waals surface area contributed by atoms with Gasteiger partial charge in [-0.15, -0.1) is 0 Å². The molecule has 0 aromatic rings. The molecule has 0 aliphatic carbocycles. The monoisotopic (exact) mass is 333 g/mol. The van der Waals surface area contributed by atoms with Crippen molar-refractivity contribution in [2.45, 2.75) is 51.7 Å². The molecule has 0 saturated carbocycles. The number of carbonyl (C=O) groups excluding carboxylic acids is 1. The molecule has 2 fully saturated rings. The molecular weight excluding hydrogens is 304 g/mol. The largest absolute Gasteiger partial charge is 0.376 e. The van der Waals surface area contributed by atoms with E-state index in [9.17, 15) is 13.6 Å². The fourth-order valence-electron chi connectivity index (χ4n) is 3.60. The van der Waals surface area contributed by atoms with Crippen LogP contribution in [0.15, 0.2) is 0 Å². The second kappa shape index (κ2) is 8.78. The van der Waals surface area contributed by atoms with Gasteiger partial charge in [-0.05, 0) is 39.0 Å². The standard InChI is InChI=1S/C16H29F2N3O2/c1-12-8-14(9-13(2)23-12)10-19-16(22)21-5-3-4-20(6-7-21)11-15(17)18/h12-15H,3-11H2,1-2H3,(H,19,22)/t12-,13-/m1/s1. The molecule has 2 rings (SSSR count). The summed E-state index contributed by atoms with van der Waals surface area (Å²) in [5, 5.41) is 3.01. The minimum absolute atomic E-state index is 0.0734. The zero-order valence-electron chi connectivity index (χ0n) is 14.1. The molecule has 1 N–H and O–H groups in total. The first-order valence-corrected chi connectivity index (χ1v) is 8.62. The Labute approximate surface area is 137 Å². The number of alkyl halides is 2. The van der Waals surface area contributed by atoms with Crippen molar-refractivity contribution in [3.8, 4) is 0 Å². The summed E-state index contributed by atoms with van der Waals surface area (Å²) in [5.41, 5.74) is 0. The maximum Gasteiger partial charge on any atom is 0.317 e. The van der Waals surface area contributed by atoms with Crippen molar-refractivity contribution in [1.82, 2.24) is 15.1 Å². The molecule has 2 amide bonds. The van der Waals surface area contributed by atoms with Gasteiger partial charge in [0.05, 0.1) is 18.8 Å². The first-order valence-electron chi connectivity index (χ1n) is 8.62. The van der Waals surface area contributed by atoms with Crippen LogP contribution in [0.25, 0.3) is 0 Å². The smallest absolute Gasteiger partial charge is 0.317 e. The molecule has 2 saturated heterocycles. The first kappa shape index (κ1) is 18.4. The molecule has 2 aliphatic rings. The van der Waals surface area contributed by atoms with Crippen LogP contribution in [0.4, 0.5) is 13.6 Å². The maximum atomic E-state index is 12.5. The molecule has 0 unspecified atom stereocenters. The summed E-state index contributed by atoms with van der Waals surface area (Å²) < 4.78 is 30.6. The minimum atomic E-state index is -2.31. The predicted octanol–water partition coefficient (Wildman–Crippen LogP) is 2.17. The number of urea groups is 1. The molecule has 0 spiro atoms. The molecule has 2 aliphatic heterocycles. The Balaban J connectivity index is 1.73. The van der Waals surface area contributed by atoms with Crippen LogP contribution in [0.1, 0.15) is 33.1 Å². The van der Waals surface area contributed by atoms with E-state index in [-0.39, 0.29) is 24.8 Å². The fourth-order valence-corrected chi connectivity index (χ4v) is 3.60. The number of amides is 2. The van der Waals surface area contributed by atoms with Gasteiger partial charge in [-0.1, -0.05) is 0 Å². The Morgan fingerprint density at radius 2 is 1.87 bits per heavy atom. The highest BCUT2D eigenvalue weighted by molar-refractivity contribution is 5.74. The van der Waals surface area contributed by atoms with E-state index < -0.39 is 6.43 Å². The van der Waals surface area contributed by atoms with E-state index in [0.29, 0.717) is 38.6 Å². The van der Waals surface area contributed by atoms with Crippen molar-refractivity contribution >= 4 is 6.03 Å². The van der Waals surface area contributed by atoms with Crippen LogP contribution in [-0.2, 0) is 4.74 Å². The summed E-state index contributed by atoms with van der Waals surface area (Å²) in [4.78, 5) is 15.8. The Bertz CT molecular complexity index is 374. The molecule has 0 aromatic heterocycles. The number of carbonyl (C=O) groups is 1. The van der Waals surface area contributed by atoms with E-state index in [4.69, 9.17) is 4.74 Å². The number of nitrogens with zero attached hydrogens (tertiary/aromatic N) is 2. The van der Waals surface area contributed by atoms with E-state index in [1.165, 1.54) is 0 Å². The first-order chi connectivity index (χ1) is 10.9. The molecule has 7 heteroatoms. The number of hydrogen-bond acceptors (Lipinski definition) is 3. The second-order valence-corrected chi connectivity index (χ2v) is 6.81. The Morgan fingerprint density at radius 3 is 2.52 bits per heavy atom. The summed E-state index contributed by atoms with van der Waals surface area (Å²) in [6.45, 7) is 6.88. The molecule has 5 nitrogen and oxygen atoms in total. The third kappa shape index (κ3) is 6.22. The average molecular weight is 333 g/mol. The van der Waals surface area contributed by atoms with E-state index >= 15 is 0 Å². The normalized spacial score (nSPS) is 30.3. The van der Waals surface area contributed by atoms with E-state index in [2.05, 4.69) is 19.2 Å². The van der Waals surface area contributed by atoms with Crippen molar-refractivity contribution < 1.29 is 18.3 Å². The van der Waals surface area contributed by atoms with Gasteiger partial charge in [0.2, 0.25) is 0 Å². The topological polar surface area (TPSA) is 44.8 Å². The van der Waals surface area contributed by atoms with E-state index in [1.807, 2.05) is 0 Å². The van der Waals surface area contributed by atoms with Gasteiger partial charge >= 0.3 is 6.03 Å². The molecule has 0 bridgehead atoms. The number of halogens is 2. The van der Waals surface area contributed by atoms with Gasteiger partial charge in [-0.2, -0.15) is 0 Å². The molecule has 2 atom stereocenters. The average Bonchev–Trinajstić information content (AvgIpc) is 2.69. The van der Waals surface area contributed by atoms with Crippen LogP contribution < -0.4 is 5.32 Å². The lowest BCUT2D eigenvalue weighted by molar-refractivity contribution is -0.0512. The third-order valence-corrected chi connectivity index (χ3v) is 4.61. The predicted molar refractivity (Wildman–Crippen MR) is 84.8 cm³/mol.